The molecule has 2 N–H and O–H groups in total. The Labute approximate surface area is 192 Å². The lowest BCUT2D eigenvalue weighted by molar-refractivity contribution is -0.139. The van der Waals surface area contributed by atoms with E-state index >= 15 is 0 Å². The zero-order valence-corrected chi connectivity index (χ0v) is 19.2. The van der Waals surface area contributed by atoms with E-state index in [1.54, 1.807) is 19.2 Å². The standard InChI is InChI=1S/C21H20F3N3O4S2/c1-13-19(14-7-9-15(31-2)10-8-14)27-20(32-13)26-18(28)11-12-25-33(29,30)17-6-4-3-5-16(17)21(22,23)24/h3-10,25H,11-12H2,1-2H3,(H,26,27,28). The van der Waals surface area contributed by atoms with Crippen molar-refractivity contribution in [3.63, 3.8) is 0 Å². The Kier molecular flexibility index (Phi) is 7.40. The lowest BCUT2D eigenvalue weighted by Gasteiger charge is -2.13. The zero-order chi connectivity index (χ0) is 24.2. The summed E-state index contributed by atoms with van der Waals surface area (Å²) in [6, 6.07) is 11.1. The molecule has 0 saturated heterocycles. The van der Waals surface area contributed by atoms with E-state index in [-0.39, 0.29) is 13.0 Å². The second kappa shape index (κ2) is 9.89. The zero-order valence-electron chi connectivity index (χ0n) is 17.6. The molecule has 2 aromatic carbocycles. The fourth-order valence-corrected chi connectivity index (χ4v) is 5.07. The summed E-state index contributed by atoms with van der Waals surface area (Å²) in [4.78, 5) is 16.6. The minimum atomic E-state index is -4.83. The first-order valence-electron chi connectivity index (χ1n) is 9.59. The van der Waals surface area contributed by atoms with E-state index < -0.39 is 32.6 Å². The first kappa shape index (κ1) is 24.7. The summed E-state index contributed by atoms with van der Waals surface area (Å²) in [6.07, 6.45) is -5.11. The van der Waals surface area contributed by atoms with Gasteiger partial charge in [0, 0.05) is 23.4 Å². The number of carbonyl (C=O) groups is 1. The third-order valence-corrected chi connectivity index (χ3v) is 6.94. The number of anilines is 1. The van der Waals surface area contributed by atoms with Crippen LogP contribution in [0.4, 0.5) is 18.3 Å². The van der Waals surface area contributed by atoms with Crippen molar-refractivity contribution >= 4 is 32.4 Å². The van der Waals surface area contributed by atoms with Crippen molar-refractivity contribution in [2.24, 2.45) is 0 Å². The summed E-state index contributed by atoms with van der Waals surface area (Å²) in [5.41, 5.74) is 0.245. The van der Waals surface area contributed by atoms with Crippen molar-refractivity contribution in [2.45, 2.75) is 24.4 Å². The molecule has 3 rings (SSSR count). The van der Waals surface area contributed by atoms with Crippen molar-refractivity contribution in [3.8, 4) is 17.0 Å². The fraction of sp³-hybridized carbons (Fsp3) is 0.238. The third-order valence-electron chi connectivity index (χ3n) is 4.53. The van der Waals surface area contributed by atoms with Gasteiger partial charge in [-0.25, -0.2) is 18.1 Å². The van der Waals surface area contributed by atoms with Gasteiger partial charge in [-0.3, -0.25) is 4.79 Å². The maximum absolute atomic E-state index is 13.1. The number of hydrogen-bond acceptors (Lipinski definition) is 6. The maximum atomic E-state index is 13.1. The highest BCUT2D eigenvalue weighted by molar-refractivity contribution is 7.89. The van der Waals surface area contributed by atoms with Gasteiger partial charge in [-0.05, 0) is 43.3 Å². The van der Waals surface area contributed by atoms with Crippen LogP contribution in [0.25, 0.3) is 11.3 Å². The summed E-state index contributed by atoms with van der Waals surface area (Å²) >= 11 is 1.25. The Morgan fingerprint density at radius 3 is 2.42 bits per heavy atom. The van der Waals surface area contributed by atoms with Crippen LogP contribution < -0.4 is 14.8 Å². The van der Waals surface area contributed by atoms with E-state index in [4.69, 9.17) is 4.74 Å². The van der Waals surface area contributed by atoms with Crippen LogP contribution in [-0.4, -0.2) is 33.0 Å². The molecule has 0 aliphatic heterocycles. The molecular formula is C21H20F3N3O4S2. The van der Waals surface area contributed by atoms with Crippen LogP contribution in [0.3, 0.4) is 0 Å². The summed E-state index contributed by atoms with van der Waals surface area (Å²) in [5.74, 6) is 0.164. The first-order valence-corrected chi connectivity index (χ1v) is 11.9. The number of halogens is 3. The number of nitrogens with one attached hydrogen (secondary N) is 2. The maximum Gasteiger partial charge on any atom is 0.417 e. The van der Waals surface area contributed by atoms with Gasteiger partial charge in [0.25, 0.3) is 0 Å². The number of benzene rings is 2. The smallest absolute Gasteiger partial charge is 0.417 e. The number of carbonyl (C=O) groups excluding carboxylic acids is 1. The van der Waals surface area contributed by atoms with E-state index in [1.165, 1.54) is 17.4 Å². The molecule has 0 unspecified atom stereocenters. The highest BCUT2D eigenvalue weighted by Gasteiger charge is 2.36. The molecule has 0 aliphatic rings. The Bertz CT molecular complexity index is 1240. The molecule has 1 amide bonds. The van der Waals surface area contributed by atoms with Gasteiger partial charge < -0.3 is 10.1 Å². The molecule has 0 bridgehead atoms. The number of ether oxygens (including phenoxy) is 1. The Morgan fingerprint density at radius 1 is 1.12 bits per heavy atom. The fourth-order valence-electron chi connectivity index (χ4n) is 2.96. The molecular weight excluding hydrogens is 479 g/mol. The summed E-state index contributed by atoms with van der Waals surface area (Å²) in [6.45, 7) is 1.47. The number of rotatable bonds is 8. The number of alkyl halides is 3. The van der Waals surface area contributed by atoms with Gasteiger partial charge in [0.2, 0.25) is 15.9 Å². The van der Waals surface area contributed by atoms with Crippen LogP contribution >= 0.6 is 11.3 Å². The van der Waals surface area contributed by atoms with Crippen molar-refractivity contribution in [3.05, 3.63) is 59.0 Å². The highest BCUT2D eigenvalue weighted by Crippen LogP contribution is 2.34. The SMILES string of the molecule is COc1ccc(-c2nc(NC(=O)CCNS(=O)(=O)c3ccccc3C(F)(F)F)sc2C)cc1. The van der Waals surface area contributed by atoms with Crippen LogP contribution in [0.5, 0.6) is 5.75 Å². The van der Waals surface area contributed by atoms with Gasteiger partial charge in [0.1, 0.15) is 5.75 Å². The number of sulfonamides is 1. The Balaban J connectivity index is 1.61. The minimum absolute atomic E-state index is 0.288. The van der Waals surface area contributed by atoms with Crippen molar-refractivity contribution in [1.29, 1.82) is 0 Å². The summed E-state index contributed by atoms with van der Waals surface area (Å²) in [7, 11) is -2.90. The molecule has 0 spiro atoms. The number of aryl methyl sites for hydroxylation is 1. The van der Waals surface area contributed by atoms with Crippen LogP contribution in [0.2, 0.25) is 0 Å². The second-order valence-corrected chi connectivity index (χ2v) is 9.78. The monoisotopic (exact) mass is 499 g/mol. The molecule has 3 aromatic rings. The number of aromatic nitrogens is 1. The van der Waals surface area contributed by atoms with Crippen molar-refractivity contribution in [1.82, 2.24) is 9.71 Å². The molecule has 1 aromatic heterocycles. The predicted octanol–water partition coefficient (Wildman–Crippen LogP) is 4.45. The van der Waals surface area contributed by atoms with Gasteiger partial charge in [0.05, 0.1) is 23.3 Å². The Hall–Kier alpha value is -2.96. The van der Waals surface area contributed by atoms with Crippen molar-refractivity contribution < 1.29 is 31.1 Å². The highest BCUT2D eigenvalue weighted by atomic mass is 32.2. The predicted molar refractivity (Wildman–Crippen MR) is 119 cm³/mol. The van der Waals surface area contributed by atoms with Gasteiger partial charge >= 0.3 is 6.18 Å². The third kappa shape index (κ3) is 6.09. The molecule has 33 heavy (non-hydrogen) atoms. The molecule has 0 radical (unpaired) electrons. The van der Waals surface area contributed by atoms with Gasteiger partial charge in [-0.15, -0.1) is 11.3 Å². The summed E-state index contributed by atoms with van der Waals surface area (Å²) in [5, 5.41) is 2.91. The van der Waals surface area contributed by atoms with E-state index in [1.807, 2.05) is 23.8 Å². The molecule has 0 saturated carbocycles. The van der Waals surface area contributed by atoms with E-state index in [9.17, 15) is 26.4 Å². The second-order valence-electron chi connectivity index (χ2n) is 6.84. The normalized spacial score (nSPS) is 11.9. The lowest BCUT2D eigenvalue weighted by Crippen LogP contribution is -2.29. The first-order chi connectivity index (χ1) is 15.5. The molecule has 0 aliphatic carbocycles. The van der Waals surface area contributed by atoms with Crippen LogP contribution in [0.1, 0.15) is 16.9 Å². The van der Waals surface area contributed by atoms with E-state index in [2.05, 4.69) is 10.3 Å². The van der Waals surface area contributed by atoms with Crippen LogP contribution in [-0.2, 0) is 21.0 Å². The lowest BCUT2D eigenvalue weighted by atomic mass is 10.1. The van der Waals surface area contributed by atoms with E-state index in [0.717, 1.165) is 22.6 Å². The average molecular weight is 500 g/mol. The largest absolute Gasteiger partial charge is 0.497 e. The molecule has 0 atom stereocenters. The number of thiazole rings is 1. The number of amides is 1. The molecule has 176 valence electrons. The van der Waals surface area contributed by atoms with Crippen LogP contribution in [0.15, 0.2) is 53.4 Å². The molecule has 1 heterocycles. The number of nitrogens with zero attached hydrogens (tertiary/aromatic N) is 1. The Morgan fingerprint density at radius 2 is 1.79 bits per heavy atom. The summed E-state index contributed by atoms with van der Waals surface area (Å²) < 4.78 is 71.1. The van der Waals surface area contributed by atoms with Gasteiger partial charge in [-0.1, -0.05) is 12.1 Å². The number of hydrogen-bond donors (Lipinski definition) is 2. The van der Waals surface area contributed by atoms with Crippen molar-refractivity contribution in [2.75, 3.05) is 19.0 Å². The number of methoxy groups -OCH3 is 1. The van der Waals surface area contributed by atoms with E-state index in [0.29, 0.717) is 22.6 Å². The molecule has 7 nitrogen and oxygen atoms in total. The topological polar surface area (TPSA) is 97.4 Å². The van der Waals surface area contributed by atoms with Gasteiger partial charge in [-0.2, -0.15) is 13.2 Å². The van der Waals surface area contributed by atoms with Gasteiger partial charge in [0.15, 0.2) is 5.13 Å². The molecule has 0 fully saturated rings. The molecule has 12 heteroatoms. The quantitative estimate of drug-likeness (QED) is 0.477. The average Bonchev–Trinajstić information content (AvgIpc) is 3.12. The minimum Gasteiger partial charge on any atom is -0.497 e. The van der Waals surface area contributed by atoms with Crippen LogP contribution in [0, 0.1) is 6.92 Å².